The van der Waals surface area contributed by atoms with Crippen molar-refractivity contribution >= 4 is 0 Å². The van der Waals surface area contributed by atoms with Gasteiger partial charge in [-0.15, -0.1) is 0 Å². The van der Waals surface area contributed by atoms with Gasteiger partial charge in [0.1, 0.15) is 35.2 Å². The zero-order chi connectivity index (χ0) is 114. The lowest BCUT2D eigenvalue weighted by atomic mass is 9.86. The van der Waals surface area contributed by atoms with Gasteiger partial charge in [0.15, 0.2) is 31.0 Å². The van der Waals surface area contributed by atoms with Crippen molar-refractivity contribution in [2.45, 2.75) is 222 Å². The Morgan fingerprint density at radius 1 is 0.298 bits per heavy atom. The maximum Gasteiger partial charge on any atom is 0.212 e. The molecule has 16 rings (SSSR count). The van der Waals surface area contributed by atoms with Crippen LogP contribution in [-0.4, -0.2) is 0 Å². The summed E-state index contributed by atoms with van der Waals surface area (Å²) in [6.45, 7) is 26.0. The number of aryl methyl sites for hydroxylation is 20. The molecule has 0 unspecified atom stereocenters. The second-order valence-electron chi connectivity index (χ2n) is 37.5. The zero-order valence-corrected chi connectivity index (χ0v) is 81.7. The van der Waals surface area contributed by atoms with Gasteiger partial charge in [-0.2, -0.15) is 0 Å². The molecule has 0 spiro atoms. The van der Waals surface area contributed by atoms with Crippen LogP contribution in [0.4, 0.5) is 0 Å². The van der Waals surface area contributed by atoms with Crippen LogP contribution in [-0.2, 0) is 54.4 Å². The molecule has 0 saturated heterocycles. The summed E-state index contributed by atoms with van der Waals surface area (Å²) in [5.74, 6) is -1.45. The average molecular weight is 1760 g/mol. The molecular formula is C126H150N5+5. The van der Waals surface area contributed by atoms with Crippen molar-refractivity contribution in [3.05, 3.63) is 385 Å². The highest BCUT2D eigenvalue weighted by molar-refractivity contribution is 5.81. The van der Waals surface area contributed by atoms with E-state index in [0.29, 0.717) is 61.2 Å². The minimum absolute atomic E-state index is 0.140. The molecule has 1 saturated carbocycles. The maximum atomic E-state index is 8.94. The predicted octanol–water partition coefficient (Wildman–Crippen LogP) is 30.6. The largest absolute Gasteiger partial charge is 0.212 e. The van der Waals surface area contributed by atoms with Crippen molar-refractivity contribution in [3.8, 4) is 112 Å². The molecule has 10 aromatic carbocycles. The average Bonchev–Trinajstić information content (AvgIpc) is 0.878. The van der Waals surface area contributed by atoms with E-state index in [4.69, 9.17) is 31.5 Å². The molecule has 0 amide bonds. The number of hydrogen-bond donors (Lipinski definition) is 0. The Morgan fingerprint density at radius 2 is 0.611 bits per heavy atom. The van der Waals surface area contributed by atoms with Crippen LogP contribution in [0.5, 0.6) is 0 Å². The maximum absolute atomic E-state index is 8.94. The molecule has 1 aliphatic carbocycles. The molecule has 5 aromatic heterocycles. The van der Waals surface area contributed by atoms with E-state index in [9.17, 15) is 0 Å². The molecule has 0 N–H and O–H groups in total. The predicted molar refractivity (Wildman–Crippen MR) is 559 cm³/mol. The molecule has 674 valence electrons. The smallest absolute Gasteiger partial charge is 0.201 e. The van der Waals surface area contributed by atoms with E-state index in [1.54, 1.807) is 36.4 Å². The molecule has 0 bridgehead atoms. The molecule has 5 heterocycles. The van der Waals surface area contributed by atoms with Gasteiger partial charge in [0.05, 0.1) is 0 Å². The summed E-state index contributed by atoms with van der Waals surface area (Å²) in [5, 5.41) is 0. The third kappa shape index (κ3) is 24.2. The number of nitrogens with zero attached hydrogens (tertiary/aromatic N) is 5. The van der Waals surface area contributed by atoms with Gasteiger partial charge in [-0.25, -0.2) is 22.8 Å². The standard InChI is InChI=1S/C26H30N.C26H32N.2C25H30N.C24H28N/c1-18-14-19(2)24(16-23(18)21-10-6-5-7-11-21)26-15-20(3)25(17-27(26)4)22-12-8-9-13-22;1-18-14-25(27(7)17-22(18)16-26(4,5)6)24-15-23(19(2)13-20(24)3)21-11-9-8-10-12-21;1-17(2)13-22-16-26(6)25(14-20(22)5)24-15-21(12-11-19(24)4)23-10-8-7-9-18(23)3;1-17(2)12-22-16-26(6)25(14-18(22)3)24-15-23(19(4)13-20(24)5)21-10-8-7-9-11-21;1-16(2)23-15-25(6)24(13-19(23)5)22-14-20(12-11-18(22)4)21-10-8-7-9-17(21)3/h5-7,10-11,14-17,22H,8-9,12-13H2,1-4H3;8-15,17H,16H2,1-7H3;7-12,14-17H,13H2,1-6H3;7-11,13-17H,12H2,1-6H3;7-16H,1-6H3/q5*+1/i1D3,22D;2D3,16D2;3D3,13D2;4D3,12D2;3D3,16D. The highest BCUT2D eigenvalue weighted by atomic mass is 14.9. The Morgan fingerprint density at radius 3 is 0.962 bits per heavy atom. The normalized spacial score (nSPS) is 15.7. The van der Waals surface area contributed by atoms with Crippen molar-refractivity contribution < 1.29 is 54.4 Å². The second kappa shape index (κ2) is 43.3. The summed E-state index contributed by atoms with van der Waals surface area (Å²) >= 11 is 0. The first kappa shape index (κ1) is 70.7. The molecule has 0 atom stereocenters. The lowest BCUT2D eigenvalue weighted by molar-refractivity contribution is -0.661. The minimum atomic E-state index is -2.22. The lowest BCUT2D eigenvalue weighted by Crippen LogP contribution is -2.32. The molecule has 131 heavy (non-hydrogen) atoms. The molecular weight excluding hydrogens is 1580 g/mol. The Labute approximate surface area is 822 Å². The van der Waals surface area contributed by atoms with E-state index < -0.39 is 70.6 Å². The van der Waals surface area contributed by atoms with Crippen LogP contribution in [0.15, 0.2) is 274 Å². The monoisotopic (exact) mass is 1760 g/mol. The number of aromatic nitrogens is 5. The SMILES string of the molecule is [2H]C([2H])([2H])c1cc(C)c(-c2cc(C)c(C([2H])([2H])C(C)(C)C)c[n+]2C)cc1-c1ccccc1.[2H]C([2H])([2H])c1cc(C)c(-c2cc(C)c(C([2H])([2H])C(C)C)c[n+]2C)cc1-c1ccccc1.[2H]C([2H])([2H])c1cc(C)c(-c2cc(C)c(C3([2H])CCCC3)c[n+]2C)cc1-c1ccccc1.[2H]C([2H])([2H])c1ccccc1-c1ccc(C)c(-c2cc(C)c(C([2H])(C)C)c[n+]2C)c1.[2H]C([2H])([2H])c1ccccc1-c1ccc(C)c(-c2cc(C)c(C([2H])([2H])C(C)C)c[n+]2C)c1. The van der Waals surface area contributed by atoms with Gasteiger partial charge in [-0.05, 0) is 334 Å². The van der Waals surface area contributed by atoms with Gasteiger partial charge >= 0.3 is 0 Å². The van der Waals surface area contributed by atoms with E-state index >= 15 is 0 Å². The van der Waals surface area contributed by atoms with Crippen LogP contribution in [0.25, 0.3) is 112 Å². The Bertz CT molecular complexity index is 7440. The van der Waals surface area contributed by atoms with Gasteiger partial charge < -0.3 is 0 Å². The van der Waals surface area contributed by atoms with E-state index in [-0.39, 0.29) is 11.8 Å². The fourth-order valence-electron chi connectivity index (χ4n) is 17.6. The third-order valence-electron chi connectivity index (χ3n) is 24.6. The van der Waals surface area contributed by atoms with Gasteiger partial charge in [-0.1, -0.05) is 257 Å². The summed E-state index contributed by atoms with van der Waals surface area (Å²) in [4.78, 5) is 0. The van der Waals surface area contributed by atoms with Crippen LogP contribution in [0.2, 0.25) is 0 Å². The van der Waals surface area contributed by atoms with Gasteiger partial charge in [0.2, 0.25) is 28.5 Å². The van der Waals surface area contributed by atoms with E-state index in [2.05, 4.69) is 47.4 Å². The van der Waals surface area contributed by atoms with Crippen LogP contribution >= 0.6 is 0 Å². The number of pyridine rings is 5. The van der Waals surface area contributed by atoms with Gasteiger partial charge in [0, 0.05) is 117 Å². The highest BCUT2D eigenvalue weighted by Crippen LogP contribution is 2.41. The van der Waals surface area contributed by atoms with Crippen molar-refractivity contribution in [1.82, 2.24) is 0 Å². The Balaban J connectivity index is 0.000000170. The first-order valence-electron chi connectivity index (χ1n) is 57.4. The van der Waals surface area contributed by atoms with E-state index in [1.807, 2.05) is 379 Å². The third-order valence-corrected chi connectivity index (χ3v) is 24.6. The second-order valence-corrected chi connectivity index (χ2v) is 37.5. The number of rotatable bonds is 17. The fraction of sp³-hybridized carbons (Fsp3) is 0.325. The summed E-state index contributed by atoms with van der Waals surface area (Å²) < 4.78 is 199. The molecule has 1 aliphatic rings. The lowest BCUT2D eigenvalue weighted by Gasteiger charge is -2.19. The van der Waals surface area contributed by atoms with Crippen molar-refractivity contribution in [2.24, 2.45) is 52.5 Å². The van der Waals surface area contributed by atoms with Crippen molar-refractivity contribution in [3.63, 3.8) is 0 Å². The zero-order valence-electron chi connectivity index (χ0n) is 105. The molecule has 1 fully saturated rings. The van der Waals surface area contributed by atoms with Crippen molar-refractivity contribution in [1.29, 1.82) is 0 Å². The first-order chi connectivity index (χ1) is 71.3. The molecule has 0 radical (unpaired) electrons. The summed E-state index contributed by atoms with van der Waals surface area (Å²) in [5.41, 5.74) is 32.9. The minimum Gasteiger partial charge on any atom is -0.201 e. The fourth-order valence-corrected chi connectivity index (χ4v) is 17.6. The Kier molecular flexibility index (Phi) is 23.4. The van der Waals surface area contributed by atoms with Crippen molar-refractivity contribution in [2.75, 3.05) is 0 Å². The van der Waals surface area contributed by atoms with Crippen LogP contribution in [0.3, 0.4) is 0 Å². The van der Waals surface area contributed by atoms with E-state index in [1.165, 1.54) is 0 Å². The van der Waals surface area contributed by atoms with Gasteiger partial charge in [0.25, 0.3) is 0 Å². The molecule has 5 nitrogen and oxygen atoms in total. The molecule has 15 aromatic rings. The topological polar surface area (TPSA) is 19.4 Å². The summed E-state index contributed by atoms with van der Waals surface area (Å²) in [7, 11) is 9.77. The van der Waals surface area contributed by atoms with Gasteiger partial charge in [-0.3, -0.25) is 0 Å². The van der Waals surface area contributed by atoms with Crippen LogP contribution in [0.1, 0.15) is 243 Å². The molecule has 5 heteroatoms. The van der Waals surface area contributed by atoms with Crippen LogP contribution < -0.4 is 22.8 Å². The quantitative estimate of drug-likeness (QED) is 0.0810. The molecule has 0 aliphatic heterocycles. The first-order valence-corrected chi connectivity index (χ1v) is 45.9. The van der Waals surface area contributed by atoms with E-state index in [0.717, 1.165) is 188 Å². The highest BCUT2D eigenvalue weighted by Gasteiger charge is 2.28. The summed E-state index contributed by atoms with van der Waals surface area (Å²) in [6, 6.07) is 76.9. The van der Waals surface area contributed by atoms with Crippen LogP contribution in [0, 0.1) is 121 Å². The Hall–Kier alpha value is -12.1. The number of hydrogen-bond acceptors (Lipinski definition) is 0. The summed E-state index contributed by atoms with van der Waals surface area (Å²) in [6.07, 6.45) is 9.47. The number of benzene rings is 10.